The highest BCUT2D eigenvalue weighted by Crippen LogP contribution is 2.30. The molecule has 0 radical (unpaired) electrons. The first kappa shape index (κ1) is 10.1. The molecule has 0 saturated carbocycles. The van der Waals surface area contributed by atoms with Crippen molar-refractivity contribution in [1.29, 1.82) is 0 Å². The van der Waals surface area contributed by atoms with Crippen LogP contribution in [0.2, 0.25) is 0 Å². The molecule has 1 saturated heterocycles. The Morgan fingerprint density at radius 1 is 1.29 bits per heavy atom. The maximum Gasteiger partial charge on any atom is 0.161 e. The molecular weight excluding hydrogens is 244 g/mol. The molecule has 1 aliphatic heterocycles. The summed E-state index contributed by atoms with van der Waals surface area (Å²) < 4.78 is 6.28. The van der Waals surface area contributed by atoms with Crippen LogP contribution in [-0.4, -0.2) is 18.0 Å². The second-order valence-corrected chi connectivity index (χ2v) is 4.48. The molecule has 3 heteroatoms. The quantitative estimate of drug-likeness (QED) is 0.838. The summed E-state index contributed by atoms with van der Waals surface area (Å²) in [5.74, 6) is 0.136. The second kappa shape index (κ2) is 4.43. The van der Waals surface area contributed by atoms with E-state index in [0.29, 0.717) is 6.61 Å². The zero-order chi connectivity index (χ0) is 9.97. The van der Waals surface area contributed by atoms with E-state index in [4.69, 9.17) is 4.74 Å². The zero-order valence-electron chi connectivity index (χ0n) is 7.82. The largest absolute Gasteiger partial charge is 0.367 e. The van der Waals surface area contributed by atoms with Crippen molar-refractivity contribution in [3.05, 3.63) is 34.3 Å². The number of aliphatic hydroxyl groups excluding tert-OH is 1. The van der Waals surface area contributed by atoms with Gasteiger partial charge in [0.2, 0.25) is 0 Å². The monoisotopic (exact) mass is 256 g/mol. The Labute approximate surface area is 92.0 Å². The summed E-state index contributed by atoms with van der Waals surface area (Å²) in [6, 6.07) is 8.06. The fourth-order valence-electron chi connectivity index (χ4n) is 1.81. The first-order chi connectivity index (χ1) is 6.77. The predicted molar refractivity (Wildman–Crippen MR) is 58.1 cm³/mol. The number of rotatable bonds is 1. The Hall–Kier alpha value is -0.380. The summed E-state index contributed by atoms with van der Waals surface area (Å²) in [5.41, 5.74) is 1.15. The molecule has 1 N–H and O–H groups in total. The van der Waals surface area contributed by atoms with Crippen LogP contribution in [0.3, 0.4) is 0 Å². The first-order valence-corrected chi connectivity index (χ1v) is 5.62. The molecule has 0 bridgehead atoms. The summed E-state index contributed by atoms with van der Waals surface area (Å²) in [6.07, 6.45) is 1.39. The van der Waals surface area contributed by atoms with Gasteiger partial charge in [0.1, 0.15) is 0 Å². The van der Waals surface area contributed by atoms with Gasteiger partial charge in [-0.15, -0.1) is 0 Å². The molecule has 2 atom stereocenters. The van der Waals surface area contributed by atoms with E-state index in [1.54, 1.807) is 0 Å². The van der Waals surface area contributed by atoms with Crippen LogP contribution in [0.1, 0.15) is 24.3 Å². The Balaban J connectivity index is 2.16. The van der Waals surface area contributed by atoms with E-state index in [2.05, 4.69) is 15.9 Å². The van der Waals surface area contributed by atoms with E-state index in [9.17, 15) is 5.11 Å². The van der Waals surface area contributed by atoms with Crippen LogP contribution in [0.25, 0.3) is 0 Å². The topological polar surface area (TPSA) is 29.5 Å². The summed E-state index contributed by atoms with van der Waals surface area (Å²) in [4.78, 5) is 0. The number of benzene rings is 1. The van der Waals surface area contributed by atoms with Crippen LogP contribution in [0.5, 0.6) is 0 Å². The van der Waals surface area contributed by atoms with Crippen molar-refractivity contribution in [2.75, 3.05) is 6.61 Å². The molecule has 0 spiro atoms. The molecule has 1 fully saturated rings. The third-order valence-electron chi connectivity index (χ3n) is 2.59. The standard InChI is InChI=1S/C11H13BrO2/c12-9-5-3-8(4-6-9)10-2-1-7-14-11(10)13/h3-6,10-11,13H,1-2,7H2/t10?,11-/m0/s1. The van der Waals surface area contributed by atoms with Gasteiger partial charge in [0.05, 0.1) is 0 Å². The summed E-state index contributed by atoms with van der Waals surface area (Å²) in [5, 5.41) is 9.66. The molecule has 1 aromatic carbocycles. The third-order valence-corrected chi connectivity index (χ3v) is 3.12. The van der Waals surface area contributed by atoms with Crippen molar-refractivity contribution < 1.29 is 9.84 Å². The Morgan fingerprint density at radius 2 is 2.00 bits per heavy atom. The van der Waals surface area contributed by atoms with Gasteiger partial charge in [-0.1, -0.05) is 28.1 Å². The molecule has 14 heavy (non-hydrogen) atoms. The minimum absolute atomic E-state index is 0.136. The molecule has 1 aliphatic rings. The number of halogens is 1. The van der Waals surface area contributed by atoms with Crippen LogP contribution in [0.15, 0.2) is 28.7 Å². The minimum Gasteiger partial charge on any atom is -0.367 e. The van der Waals surface area contributed by atoms with E-state index in [0.717, 1.165) is 22.9 Å². The van der Waals surface area contributed by atoms with Crippen LogP contribution in [-0.2, 0) is 4.74 Å². The van der Waals surface area contributed by atoms with Gasteiger partial charge in [-0.2, -0.15) is 0 Å². The highest BCUT2D eigenvalue weighted by atomic mass is 79.9. The van der Waals surface area contributed by atoms with Crippen molar-refractivity contribution in [3.8, 4) is 0 Å². The second-order valence-electron chi connectivity index (χ2n) is 3.56. The van der Waals surface area contributed by atoms with Gasteiger partial charge in [0.25, 0.3) is 0 Å². The van der Waals surface area contributed by atoms with Gasteiger partial charge in [-0.3, -0.25) is 0 Å². The van der Waals surface area contributed by atoms with E-state index in [-0.39, 0.29) is 5.92 Å². The Bertz CT molecular complexity index is 297. The summed E-state index contributed by atoms with van der Waals surface area (Å²) >= 11 is 3.39. The smallest absolute Gasteiger partial charge is 0.161 e. The van der Waals surface area contributed by atoms with Crippen LogP contribution in [0, 0.1) is 0 Å². The summed E-state index contributed by atoms with van der Waals surface area (Å²) in [6.45, 7) is 0.675. The van der Waals surface area contributed by atoms with Gasteiger partial charge in [-0.05, 0) is 30.5 Å². The molecular formula is C11H13BrO2. The van der Waals surface area contributed by atoms with E-state index >= 15 is 0 Å². The van der Waals surface area contributed by atoms with Crippen LogP contribution >= 0.6 is 15.9 Å². The van der Waals surface area contributed by atoms with Crippen molar-refractivity contribution in [1.82, 2.24) is 0 Å². The highest BCUT2D eigenvalue weighted by Gasteiger charge is 2.24. The zero-order valence-corrected chi connectivity index (χ0v) is 9.40. The molecule has 2 rings (SSSR count). The van der Waals surface area contributed by atoms with E-state index in [1.807, 2.05) is 24.3 Å². The van der Waals surface area contributed by atoms with Gasteiger partial charge in [0, 0.05) is 17.0 Å². The van der Waals surface area contributed by atoms with Crippen LogP contribution < -0.4 is 0 Å². The van der Waals surface area contributed by atoms with E-state index in [1.165, 1.54) is 0 Å². The maximum atomic E-state index is 9.66. The molecule has 0 aromatic heterocycles. The third kappa shape index (κ3) is 2.16. The summed E-state index contributed by atoms with van der Waals surface area (Å²) in [7, 11) is 0. The number of aliphatic hydroxyl groups is 1. The van der Waals surface area contributed by atoms with Crippen molar-refractivity contribution in [2.45, 2.75) is 25.0 Å². The number of hydrogen-bond donors (Lipinski definition) is 1. The van der Waals surface area contributed by atoms with Gasteiger partial charge in [0.15, 0.2) is 6.29 Å². The normalized spacial score (nSPS) is 27.6. The molecule has 1 unspecified atom stereocenters. The van der Waals surface area contributed by atoms with E-state index < -0.39 is 6.29 Å². The maximum absolute atomic E-state index is 9.66. The molecule has 0 aliphatic carbocycles. The molecule has 2 nitrogen and oxygen atoms in total. The predicted octanol–water partition coefficient (Wildman–Crippen LogP) is 2.66. The van der Waals surface area contributed by atoms with Gasteiger partial charge in [-0.25, -0.2) is 0 Å². The van der Waals surface area contributed by atoms with Gasteiger partial charge < -0.3 is 9.84 Å². The fraction of sp³-hybridized carbons (Fsp3) is 0.455. The minimum atomic E-state index is -0.634. The Morgan fingerprint density at radius 3 is 2.64 bits per heavy atom. The fourth-order valence-corrected chi connectivity index (χ4v) is 2.07. The average Bonchev–Trinajstić information content (AvgIpc) is 2.20. The van der Waals surface area contributed by atoms with Crippen molar-refractivity contribution in [2.24, 2.45) is 0 Å². The lowest BCUT2D eigenvalue weighted by atomic mass is 9.92. The lowest BCUT2D eigenvalue weighted by Gasteiger charge is -2.28. The average molecular weight is 257 g/mol. The van der Waals surface area contributed by atoms with Gasteiger partial charge >= 0.3 is 0 Å². The lowest BCUT2D eigenvalue weighted by Crippen LogP contribution is -2.27. The lowest BCUT2D eigenvalue weighted by molar-refractivity contribution is -0.137. The molecule has 1 heterocycles. The molecule has 76 valence electrons. The SMILES string of the molecule is O[C@H]1OCCCC1c1ccc(Br)cc1. The number of ether oxygens (including phenoxy) is 1. The van der Waals surface area contributed by atoms with Crippen molar-refractivity contribution >= 4 is 15.9 Å². The Kier molecular flexibility index (Phi) is 3.21. The first-order valence-electron chi connectivity index (χ1n) is 4.82. The van der Waals surface area contributed by atoms with Crippen molar-refractivity contribution in [3.63, 3.8) is 0 Å². The van der Waals surface area contributed by atoms with Crippen LogP contribution in [0.4, 0.5) is 0 Å². The molecule has 0 amide bonds. The number of hydrogen-bond acceptors (Lipinski definition) is 2. The molecule has 1 aromatic rings. The highest BCUT2D eigenvalue weighted by molar-refractivity contribution is 9.10.